The number of carboxylic acids is 1. The minimum absolute atomic E-state index is 0.0264. The molecule has 0 saturated carbocycles. The van der Waals surface area contributed by atoms with Crippen LogP contribution in [0.4, 0.5) is 0 Å². The second-order valence-electron chi connectivity index (χ2n) is 4.73. The normalized spacial score (nSPS) is 19.2. The first-order valence-corrected chi connectivity index (χ1v) is 6.23. The highest BCUT2D eigenvalue weighted by atomic mass is 16.4. The van der Waals surface area contributed by atoms with E-state index in [1.54, 1.807) is 11.0 Å². The Morgan fingerprint density at radius 3 is 2.95 bits per heavy atom. The lowest BCUT2D eigenvalue weighted by molar-refractivity contribution is -0.138. The van der Waals surface area contributed by atoms with Crippen molar-refractivity contribution in [3.63, 3.8) is 0 Å². The van der Waals surface area contributed by atoms with Crippen molar-refractivity contribution < 1.29 is 19.8 Å². The molecule has 0 bridgehead atoms. The molecule has 1 aliphatic rings. The molecular formula is C13H16N2O4. The summed E-state index contributed by atoms with van der Waals surface area (Å²) in [6.45, 7) is 0.978. The molecule has 1 saturated heterocycles. The van der Waals surface area contributed by atoms with E-state index in [0.717, 1.165) is 12.8 Å². The lowest BCUT2D eigenvalue weighted by Crippen LogP contribution is -2.40. The maximum Gasteiger partial charge on any atom is 0.303 e. The standard InChI is InChI=1S/C13H16N2O4/c16-10-4-1-5-14-12(10)13(19)15-6-2-3-9(8-15)7-11(17)18/h1,4-5,9,16H,2-3,6-8H2,(H,17,18). The first-order chi connectivity index (χ1) is 9.08. The Kier molecular flexibility index (Phi) is 3.99. The SMILES string of the molecule is O=C(O)CC1CCCN(C(=O)c2ncccc2O)C1. The van der Waals surface area contributed by atoms with E-state index in [-0.39, 0.29) is 29.7 Å². The Bertz CT molecular complexity index is 489. The molecule has 1 fully saturated rings. The molecular weight excluding hydrogens is 248 g/mol. The summed E-state index contributed by atoms with van der Waals surface area (Å²) < 4.78 is 0. The average Bonchev–Trinajstić information content (AvgIpc) is 2.38. The molecule has 0 radical (unpaired) electrons. The smallest absolute Gasteiger partial charge is 0.303 e. The van der Waals surface area contributed by atoms with Crippen LogP contribution in [0.25, 0.3) is 0 Å². The number of carbonyl (C=O) groups excluding carboxylic acids is 1. The highest BCUT2D eigenvalue weighted by molar-refractivity contribution is 5.94. The van der Waals surface area contributed by atoms with E-state index in [2.05, 4.69) is 4.98 Å². The van der Waals surface area contributed by atoms with Gasteiger partial charge in [0.2, 0.25) is 0 Å². The van der Waals surface area contributed by atoms with Gasteiger partial charge in [0.1, 0.15) is 5.75 Å². The van der Waals surface area contributed by atoms with Crippen LogP contribution in [-0.4, -0.2) is 45.1 Å². The number of aromatic hydroxyl groups is 1. The summed E-state index contributed by atoms with van der Waals surface area (Å²) in [6.07, 6.45) is 3.10. The number of nitrogens with zero attached hydrogens (tertiary/aromatic N) is 2. The van der Waals surface area contributed by atoms with Crippen LogP contribution in [0.2, 0.25) is 0 Å². The van der Waals surface area contributed by atoms with Crippen molar-refractivity contribution in [3.8, 4) is 5.75 Å². The van der Waals surface area contributed by atoms with Gasteiger partial charge in [0.15, 0.2) is 5.69 Å². The molecule has 1 unspecified atom stereocenters. The number of piperidine rings is 1. The number of rotatable bonds is 3. The van der Waals surface area contributed by atoms with Crippen molar-refractivity contribution in [1.82, 2.24) is 9.88 Å². The van der Waals surface area contributed by atoms with Crippen molar-refractivity contribution in [2.75, 3.05) is 13.1 Å². The predicted octanol–water partition coefficient (Wildman–Crippen LogP) is 1.11. The third kappa shape index (κ3) is 3.21. The lowest BCUT2D eigenvalue weighted by Gasteiger charge is -2.31. The van der Waals surface area contributed by atoms with E-state index in [0.29, 0.717) is 13.1 Å². The van der Waals surface area contributed by atoms with Crippen LogP contribution in [0.1, 0.15) is 29.8 Å². The Hall–Kier alpha value is -2.11. The van der Waals surface area contributed by atoms with Gasteiger partial charge in [0.05, 0.1) is 0 Å². The highest BCUT2D eigenvalue weighted by Gasteiger charge is 2.27. The first kappa shape index (κ1) is 13.3. The van der Waals surface area contributed by atoms with Crippen LogP contribution >= 0.6 is 0 Å². The number of aromatic nitrogens is 1. The molecule has 0 aromatic carbocycles. The van der Waals surface area contributed by atoms with Crippen LogP contribution < -0.4 is 0 Å². The maximum absolute atomic E-state index is 12.2. The fourth-order valence-electron chi connectivity index (χ4n) is 2.37. The van der Waals surface area contributed by atoms with E-state index < -0.39 is 5.97 Å². The molecule has 2 rings (SSSR count). The fraction of sp³-hybridized carbons (Fsp3) is 0.462. The summed E-state index contributed by atoms with van der Waals surface area (Å²) in [6, 6.07) is 2.97. The number of pyridine rings is 1. The molecule has 2 N–H and O–H groups in total. The van der Waals surface area contributed by atoms with E-state index in [4.69, 9.17) is 5.11 Å². The average molecular weight is 264 g/mol. The molecule has 0 aliphatic carbocycles. The van der Waals surface area contributed by atoms with Crippen LogP contribution in [0.15, 0.2) is 18.3 Å². The Morgan fingerprint density at radius 1 is 1.47 bits per heavy atom. The number of amides is 1. The molecule has 1 aromatic heterocycles. The largest absolute Gasteiger partial charge is 0.505 e. The summed E-state index contributed by atoms with van der Waals surface area (Å²) in [5, 5.41) is 18.4. The van der Waals surface area contributed by atoms with Gasteiger partial charge >= 0.3 is 5.97 Å². The number of likely N-dealkylation sites (tertiary alicyclic amines) is 1. The quantitative estimate of drug-likeness (QED) is 0.853. The van der Waals surface area contributed by atoms with Crippen molar-refractivity contribution in [3.05, 3.63) is 24.0 Å². The highest BCUT2D eigenvalue weighted by Crippen LogP contribution is 2.23. The topological polar surface area (TPSA) is 90.7 Å². The number of hydrogen-bond donors (Lipinski definition) is 2. The van der Waals surface area contributed by atoms with Gasteiger partial charge in [-0.1, -0.05) is 0 Å². The molecule has 6 heteroatoms. The number of carboxylic acid groups (broad SMARTS) is 1. The molecule has 102 valence electrons. The van der Waals surface area contributed by atoms with E-state index in [9.17, 15) is 14.7 Å². The van der Waals surface area contributed by atoms with Gasteiger partial charge in [0, 0.05) is 25.7 Å². The summed E-state index contributed by atoms with van der Waals surface area (Å²) in [5.74, 6) is -1.36. The van der Waals surface area contributed by atoms with Gasteiger partial charge in [-0.05, 0) is 30.9 Å². The summed E-state index contributed by atoms with van der Waals surface area (Å²) >= 11 is 0. The fourth-order valence-corrected chi connectivity index (χ4v) is 2.37. The molecule has 2 heterocycles. The van der Waals surface area contributed by atoms with Gasteiger partial charge in [0.25, 0.3) is 5.91 Å². The second-order valence-corrected chi connectivity index (χ2v) is 4.73. The van der Waals surface area contributed by atoms with Crippen LogP contribution in [0.5, 0.6) is 5.75 Å². The lowest BCUT2D eigenvalue weighted by atomic mass is 9.94. The third-order valence-electron chi connectivity index (χ3n) is 3.26. The minimum atomic E-state index is -0.847. The van der Waals surface area contributed by atoms with E-state index in [1.807, 2.05) is 0 Å². The van der Waals surface area contributed by atoms with Crippen LogP contribution in [-0.2, 0) is 4.79 Å². The van der Waals surface area contributed by atoms with Gasteiger partial charge in [-0.15, -0.1) is 0 Å². The zero-order valence-electron chi connectivity index (χ0n) is 10.5. The number of hydrogen-bond acceptors (Lipinski definition) is 4. The molecule has 1 aliphatic heterocycles. The van der Waals surface area contributed by atoms with E-state index >= 15 is 0 Å². The van der Waals surface area contributed by atoms with Crippen LogP contribution in [0, 0.1) is 5.92 Å². The van der Waals surface area contributed by atoms with Gasteiger partial charge in [-0.25, -0.2) is 4.98 Å². The second kappa shape index (κ2) is 5.69. The summed E-state index contributed by atoms with van der Waals surface area (Å²) in [5.41, 5.74) is 0.0264. The molecule has 0 spiro atoms. The van der Waals surface area contributed by atoms with Crippen molar-refractivity contribution in [2.45, 2.75) is 19.3 Å². The van der Waals surface area contributed by atoms with Crippen molar-refractivity contribution in [1.29, 1.82) is 0 Å². The van der Waals surface area contributed by atoms with Gasteiger partial charge in [-0.3, -0.25) is 9.59 Å². The van der Waals surface area contributed by atoms with Gasteiger partial charge < -0.3 is 15.1 Å². The van der Waals surface area contributed by atoms with Crippen molar-refractivity contribution in [2.24, 2.45) is 5.92 Å². The zero-order chi connectivity index (χ0) is 13.8. The maximum atomic E-state index is 12.2. The van der Waals surface area contributed by atoms with Crippen LogP contribution in [0.3, 0.4) is 0 Å². The Labute approximate surface area is 110 Å². The van der Waals surface area contributed by atoms with E-state index in [1.165, 1.54) is 12.3 Å². The first-order valence-electron chi connectivity index (χ1n) is 6.23. The number of carbonyl (C=O) groups is 2. The van der Waals surface area contributed by atoms with Crippen molar-refractivity contribution >= 4 is 11.9 Å². The zero-order valence-corrected chi connectivity index (χ0v) is 10.5. The summed E-state index contributed by atoms with van der Waals surface area (Å²) in [4.78, 5) is 28.4. The molecule has 1 atom stereocenters. The third-order valence-corrected chi connectivity index (χ3v) is 3.26. The molecule has 1 aromatic rings. The monoisotopic (exact) mass is 264 g/mol. The minimum Gasteiger partial charge on any atom is -0.505 e. The Morgan fingerprint density at radius 2 is 2.26 bits per heavy atom. The molecule has 19 heavy (non-hydrogen) atoms. The summed E-state index contributed by atoms with van der Waals surface area (Å²) in [7, 11) is 0. The number of aliphatic carboxylic acids is 1. The molecule has 6 nitrogen and oxygen atoms in total. The van der Waals surface area contributed by atoms with Gasteiger partial charge in [-0.2, -0.15) is 0 Å². The molecule has 1 amide bonds. The Balaban J connectivity index is 2.07. The predicted molar refractivity (Wildman–Crippen MR) is 66.8 cm³/mol.